The highest BCUT2D eigenvalue weighted by Gasteiger charge is 2.28. The largest absolute Gasteiger partial charge is 0.309 e. The zero-order chi connectivity index (χ0) is 25.8. The number of sulfone groups is 1. The topological polar surface area (TPSA) is 127 Å². The van der Waals surface area contributed by atoms with E-state index < -0.39 is 27.3 Å². The third-order valence-electron chi connectivity index (χ3n) is 5.70. The van der Waals surface area contributed by atoms with Gasteiger partial charge in [0.1, 0.15) is 5.69 Å². The van der Waals surface area contributed by atoms with E-state index in [9.17, 15) is 18.0 Å². The first-order valence-corrected chi connectivity index (χ1v) is 13.7. The second-order valence-electron chi connectivity index (χ2n) is 9.82. The molecule has 9 nitrogen and oxygen atoms in total. The van der Waals surface area contributed by atoms with Crippen LogP contribution in [-0.2, 0) is 19.5 Å². The molecular formula is C24H31ClN4O5S. The highest BCUT2D eigenvalue weighted by Crippen LogP contribution is 2.36. The monoisotopic (exact) mass is 522 g/mol. The minimum absolute atomic E-state index is 0.0260. The maximum Gasteiger partial charge on any atom is 0.295 e. The molecule has 1 saturated carbocycles. The minimum Gasteiger partial charge on any atom is -0.309 e. The normalized spacial score (nSPS) is 15.6. The fourth-order valence-electron chi connectivity index (χ4n) is 3.98. The average molecular weight is 523 g/mol. The van der Waals surface area contributed by atoms with Crippen LogP contribution in [0.1, 0.15) is 74.8 Å². The van der Waals surface area contributed by atoms with Crippen LogP contribution >= 0.6 is 11.6 Å². The van der Waals surface area contributed by atoms with E-state index in [4.69, 9.17) is 16.4 Å². The van der Waals surface area contributed by atoms with Gasteiger partial charge in [0.05, 0.1) is 33.8 Å². The molecule has 0 saturated heterocycles. The summed E-state index contributed by atoms with van der Waals surface area (Å²) in [5.41, 5.74) is 2.43. The van der Waals surface area contributed by atoms with Crippen LogP contribution in [0, 0.1) is 5.92 Å². The maximum atomic E-state index is 13.3. The van der Waals surface area contributed by atoms with E-state index in [0.717, 1.165) is 31.9 Å². The van der Waals surface area contributed by atoms with E-state index in [1.54, 1.807) is 32.9 Å². The first-order chi connectivity index (χ1) is 16.3. The number of nitrogens with one attached hydrogen (secondary N) is 2. The van der Waals surface area contributed by atoms with Crippen molar-refractivity contribution in [3.63, 3.8) is 0 Å². The summed E-state index contributed by atoms with van der Waals surface area (Å²) in [5, 5.41) is 2.85. The number of hydrogen-bond acceptors (Lipinski definition) is 7. The molecule has 0 bridgehead atoms. The number of nitrogens with zero attached hydrogens (tertiary/aromatic N) is 2. The first-order valence-electron chi connectivity index (χ1n) is 11.4. The average Bonchev–Trinajstić information content (AvgIpc) is 3.28. The number of anilines is 1. The Kier molecular flexibility index (Phi) is 8.50. The van der Waals surface area contributed by atoms with Gasteiger partial charge in [0, 0.05) is 6.26 Å². The Hall–Kier alpha value is -2.56. The van der Waals surface area contributed by atoms with Gasteiger partial charge in [-0.05, 0) is 50.8 Å². The summed E-state index contributed by atoms with van der Waals surface area (Å²) in [5.74, 6) is -0.820. The van der Waals surface area contributed by atoms with Crippen LogP contribution < -0.4 is 10.8 Å². The summed E-state index contributed by atoms with van der Waals surface area (Å²) in [7, 11) is -3.48. The SMILES string of the molecule is CC(C)(C)ONC(=O)c1cnc(NC(=O)C(CC2CCCC2)c2ccc(S(C)(=O)=O)c(Cl)c2)cn1. The fraction of sp³-hybridized carbons (Fsp3) is 0.500. The van der Waals surface area contributed by atoms with E-state index in [-0.39, 0.29) is 27.3 Å². The summed E-state index contributed by atoms with van der Waals surface area (Å²) in [6.45, 7) is 5.38. The molecule has 0 aliphatic heterocycles. The molecule has 1 aliphatic carbocycles. The van der Waals surface area contributed by atoms with Gasteiger partial charge in [0.2, 0.25) is 5.91 Å². The number of amides is 2. The van der Waals surface area contributed by atoms with Gasteiger partial charge in [-0.2, -0.15) is 0 Å². The van der Waals surface area contributed by atoms with E-state index in [0.29, 0.717) is 17.9 Å². The van der Waals surface area contributed by atoms with Crippen molar-refractivity contribution in [2.75, 3.05) is 11.6 Å². The molecule has 11 heteroatoms. The Morgan fingerprint density at radius 3 is 2.40 bits per heavy atom. The van der Waals surface area contributed by atoms with Gasteiger partial charge in [-0.3, -0.25) is 14.4 Å². The van der Waals surface area contributed by atoms with Crippen molar-refractivity contribution in [1.29, 1.82) is 0 Å². The highest BCUT2D eigenvalue weighted by atomic mass is 35.5. The van der Waals surface area contributed by atoms with Crippen LogP contribution in [0.25, 0.3) is 0 Å². The number of halogens is 1. The van der Waals surface area contributed by atoms with Gasteiger partial charge < -0.3 is 5.32 Å². The lowest BCUT2D eigenvalue weighted by atomic mass is 9.87. The molecule has 2 aromatic rings. The van der Waals surface area contributed by atoms with Crippen LogP contribution in [0.3, 0.4) is 0 Å². The van der Waals surface area contributed by atoms with Crippen molar-refractivity contribution in [2.45, 2.75) is 69.3 Å². The molecule has 35 heavy (non-hydrogen) atoms. The predicted octanol–water partition coefficient (Wildman–Crippen LogP) is 4.30. The number of hydrogen-bond donors (Lipinski definition) is 2. The molecule has 1 aromatic heterocycles. The lowest BCUT2D eigenvalue weighted by Gasteiger charge is -2.21. The van der Waals surface area contributed by atoms with E-state index >= 15 is 0 Å². The second-order valence-corrected chi connectivity index (χ2v) is 12.2. The van der Waals surface area contributed by atoms with E-state index in [2.05, 4.69) is 20.8 Å². The Bertz CT molecular complexity index is 1170. The van der Waals surface area contributed by atoms with Gasteiger partial charge in [-0.25, -0.2) is 23.9 Å². The maximum absolute atomic E-state index is 13.3. The van der Waals surface area contributed by atoms with Gasteiger partial charge in [0.25, 0.3) is 5.91 Å². The molecule has 2 amide bonds. The molecule has 1 fully saturated rings. The van der Waals surface area contributed by atoms with Crippen molar-refractivity contribution < 1.29 is 22.8 Å². The number of hydroxylamine groups is 1. The smallest absolute Gasteiger partial charge is 0.295 e. The lowest BCUT2D eigenvalue weighted by molar-refractivity contribution is -0.118. The molecule has 1 heterocycles. The summed E-state index contributed by atoms with van der Waals surface area (Å²) in [6, 6.07) is 4.62. The van der Waals surface area contributed by atoms with Crippen molar-refractivity contribution >= 4 is 39.1 Å². The molecule has 1 aliphatic rings. The molecule has 1 atom stereocenters. The molecular weight excluding hydrogens is 492 g/mol. The van der Waals surface area contributed by atoms with Crippen molar-refractivity contribution in [2.24, 2.45) is 5.92 Å². The predicted molar refractivity (Wildman–Crippen MR) is 133 cm³/mol. The molecule has 2 N–H and O–H groups in total. The molecule has 1 aromatic carbocycles. The number of carbonyl (C=O) groups excluding carboxylic acids is 2. The summed E-state index contributed by atoms with van der Waals surface area (Å²) in [6.07, 6.45) is 8.59. The Morgan fingerprint density at radius 2 is 1.86 bits per heavy atom. The van der Waals surface area contributed by atoms with Gasteiger partial charge in [-0.1, -0.05) is 43.4 Å². The third kappa shape index (κ3) is 7.71. The van der Waals surface area contributed by atoms with E-state index in [1.165, 1.54) is 18.5 Å². The quantitative estimate of drug-likeness (QED) is 0.495. The van der Waals surface area contributed by atoms with Crippen molar-refractivity contribution in [3.05, 3.63) is 46.9 Å². The fourth-order valence-corrected chi connectivity index (χ4v) is 5.32. The zero-order valence-electron chi connectivity index (χ0n) is 20.3. The first kappa shape index (κ1) is 27.0. The highest BCUT2D eigenvalue weighted by molar-refractivity contribution is 7.90. The zero-order valence-corrected chi connectivity index (χ0v) is 21.9. The Morgan fingerprint density at radius 1 is 1.17 bits per heavy atom. The number of rotatable bonds is 8. The number of carbonyl (C=O) groups is 2. The van der Waals surface area contributed by atoms with Crippen LogP contribution in [0.15, 0.2) is 35.5 Å². The molecule has 0 spiro atoms. The second kappa shape index (κ2) is 11.0. The third-order valence-corrected chi connectivity index (χ3v) is 7.28. The van der Waals surface area contributed by atoms with Gasteiger partial charge in [-0.15, -0.1) is 0 Å². The Balaban J connectivity index is 1.77. The van der Waals surface area contributed by atoms with Gasteiger partial charge >= 0.3 is 0 Å². The van der Waals surface area contributed by atoms with Crippen LogP contribution in [-0.4, -0.2) is 42.1 Å². The van der Waals surface area contributed by atoms with Crippen LogP contribution in [0.4, 0.5) is 5.82 Å². The Labute approximate surface area is 210 Å². The van der Waals surface area contributed by atoms with Crippen LogP contribution in [0.2, 0.25) is 5.02 Å². The van der Waals surface area contributed by atoms with Crippen molar-refractivity contribution in [1.82, 2.24) is 15.4 Å². The summed E-state index contributed by atoms with van der Waals surface area (Å²) in [4.78, 5) is 38.9. The van der Waals surface area contributed by atoms with Gasteiger partial charge in [0.15, 0.2) is 15.7 Å². The van der Waals surface area contributed by atoms with Crippen molar-refractivity contribution in [3.8, 4) is 0 Å². The lowest BCUT2D eigenvalue weighted by Crippen LogP contribution is -2.34. The summed E-state index contributed by atoms with van der Waals surface area (Å²) >= 11 is 6.26. The molecule has 1 unspecified atom stereocenters. The standard InChI is InChI=1S/C24H31ClN4O5S/c1-24(2,3)34-29-23(31)19-13-27-21(14-26-19)28-22(30)17(11-15-7-5-6-8-15)16-9-10-20(18(25)12-16)35(4,32)33/h9-10,12-15,17H,5-8,11H2,1-4H3,(H,29,31)(H,27,28,30). The molecule has 0 radical (unpaired) electrons. The number of benzene rings is 1. The summed E-state index contributed by atoms with van der Waals surface area (Å²) < 4.78 is 23.9. The van der Waals surface area contributed by atoms with E-state index in [1.807, 2.05) is 0 Å². The van der Waals surface area contributed by atoms with Crippen LogP contribution in [0.5, 0.6) is 0 Å². The number of aromatic nitrogens is 2. The molecule has 190 valence electrons. The minimum atomic E-state index is -3.48. The molecule has 3 rings (SSSR count).